The molecular weight excluding hydrogens is 307 g/mol. The van der Waals surface area contributed by atoms with E-state index in [0.717, 1.165) is 11.3 Å². The van der Waals surface area contributed by atoms with Gasteiger partial charge in [-0.1, -0.05) is 40.9 Å². The quantitative estimate of drug-likeness (QED) is 0.764. The normalized spacial score (nSPS) is 10.8. The number of rotatable bonds is 3. The van der Waals surface area contributed by atoms with Crippen molar-refractivity contribution in [2.24, 2.45) is 0 Å². The van der Waals surface area contributed by atoms with Crippen molar-refractivity contribution >= 4 is 34.8 Å². The van der Waals surface area contributed by atoms with Crippen molar-refractivity contribution in [3.63, 3.8) is 0 Å². The number of carbonyl (C=O) groups excluding carboxylic acids is 1. The molecule has 2 aromatic rings. The number of halogens is 2. The van der Waals surface area contributed by atoms with Gasteiger partial charge < -0.3 is 4.90 Å². The minimum Gasteiger partial charge on any atom is -0.306 e. The summed E-state index contributed by atoms with van der Waals surface area (Å²) in [6, 6.07) is 10.9. The van der Waals surface area contributed by atoms with E-state index in [4.69, 9.17) is 23.2 Å². The summed E-state index contributed by atoms with van der Waals surface area (Å²) in [6.45, 7) is 5.93. The highest BCUT2D eigenvalue weighted by molar-refractivity contribution is 6.33. The minimum atomic E-state index is -0.153. The second-order valence-electron chi connectivity index (χ2n) is 5.11. The van der Waals surface area contributed by atoms with Crippen LogP contribution in [-0.4, -0.2) is 16.9 Å². The van der Waals surface area contributed by atoms with E-state index in [1.165, 1.54) is 12.1 Å². The minimum absolute atomic E-state index is 0.00548. The molecule has 1 heterocycles. The molecule has 0 aliphatic rings. The van der Waals surface area contributed by atoms with Crippen LogP contribution >= 0.6 is 23.2 Å². The predicted molar refractivity (Wildman–Crippen MR) is 87.4 cm³/mol. The summed E-state index contributed by atoms with van der Waals surface area (Å²) in [6.07, 6.45) is 0. The van der Waals surface area contributed by atoms with Crippen LogP contribution in [0.2, 0.25) is 10.3 Å². The van der Waals surface area contributed by atoms with Gasteiger partial charge in [-0.2, -0.15) is 0 Å². The lowest BCUT2D eigenvalue weighted by atomic mass is 10.1. The molecule has 2 rings (SSSR count). The van der Waals surface area contributed by atoms with Crippen molar-refractivity contribution in [1.82, 2.24) is 4.98 Å². The third-order valence-corrected chi connectivity index (χ3v) is 3.44. The van der Waals surface area contributed by atoms with E-state index in [2.05, 4.69) is 4.98 Å². The summed E-state index contributed by atoms with van der Waals surface area (Å²) in [5.74, 6) is -0.153. The first kappa shape index (κ1) is 15.8. The largest absolute Gasteiger partial charge is 0.306 e. The van der Waals surface area contributed by atoms with Gasteiger partial charge in [-0.25, -0.2) is 4.98 Å². The Morgan fingerprint density at radius 3 is 2.10 bits per heavy atom. The van der Waals surface area contributed by atoms with Gasteiger partial charge in [-0.05, 0) is 45.0 Å². The SMILES string of the molecule is Cc1ccc(N(C(=O)c2cc(Cl)nc(Cl)c2)C(C)C)cc1. The average Bonchev–Trinajstić information content (AvgIpc) is 2.39. The molecule has 0 radical (unpaired) electrons. The fourth-order valence-electron chi connectivity index (χ4n) is 2.08. The summed E-state index contributed by atoms with van der Waals surface area (Å²) < 4.78 is 0. The smallest absolute Gasteiger partial charge is 0.258 e. The van der Waals surface area contributed by atoms with E-state index < -0.39 is 0 Å². The average molecular weight is 323 g/mol. The van der Waals surface area contributed by atoms with Crippen LogP contribution in [-0.2, 0) is 0 Å². The maximum atomic E-state index is 12.8. The fraction of sp³-hybridized carbons (Fsp3) is 0.250. The van der Waals surface area contributed by atoms with Crippen molar-refractivity contribution in [3.8, 4) is 0 Å². The third-order valence-electron chi connectivity index (χ3n) is 3.06. The third kappa shape index (κ3) is 3.74. The van der Waals surface area contributed by atoms with E-state index in [1.54, 1.807) is 4.90 Å². The van der Waals surface area contributed by atoms with Crippen LogP contribution in [0.15, 0.2) is 36.4 Å². The van der Waals surface area contributed by atoms with Crippen molar-refractivity contribution < 1.29 is 4.79 Å². The molecule has 110 valence electrons. The molecule has 0 unspecified atom stereocenters. The van der Waals surface area contributed by atoms with E-state index in [-0.39, 0.29) is 22.3 Å². The molecule has 1 aromatic carbocycles. The number of pyridine rings is 1. The van der Waals surface area contributed by atoms with Gasteiger partial charge in [0.2, 0.25) is 0 Å². The maximum absolute atomic E-state index is 12.8. The Balaban J connectivity index is 2.42. The lowest BCUT2D eigenvalue weighted by molar-refractivity contribution is 0.0980. The van der Waals surface area contributed by atoms with Gasteiger partial charge in [0.05, 0.1) is 0 Å². The molecule has 0 saturated heterocycles. The molecule has 5 heteroatoms. The van der Waals surface area contributed by atoms with Gasteiger partial charge in [-0.15, -0.1) is 0 Å². The highest BCUT2D eigenvalue weighted by atomic mass is 35.5. The molecule has 1 amide bonds. The van der Waals surface area contributed by atoms with Crippen LogP contribution in [0.3, 0.4) is 0 Å². The van der Waals surface area contributed by atoms with E-state index in [0.29, 0.717) is 5.56 Å². The van der Waals surface area contributed by atoms with Crippen LogP contribution in [0, 0.1) is 6.92 Å². The van der Waals surface area contributed by atoms with Crippen LogP contribution in [0.5, 0.6) is 0 Å². The highest BCUT2D eigenvalue weighted by Gasteiger charge is 2.21. The Hall–Kier alpha value is -1.58. The van der Waals surface area contributed by atoms with Crippen LogP contribution in [0.4, 0.5) is 5.69 Å². The number of amides is 1. The molecule has 0 bridgehead atoms. The Morgan fingerprint density at radius 2 is 1.62 bits per heavy atom. The zero-order chi connectivity index (χ0) is 15.6. The first-order chi connectivity index (χ1) is 9.88. The summed E-state index contributed by atoms with van der Waals surface area (Å²) in [7, 11) is 0. The Labute approximate surface area is 134 Å². The van der Waals surface area contributed by atoms with Crippen molar-refractivity contribution in [3.05, 3.63) is 57.8 Å². The van der Waals surface area contributed by atoms with E-state index in [1.807, 2.05) is 45.0 Å². The number of carbonyl (C=O) groups is 1. The maximum Gasteiger partial charge on any atom is 0.258 e. The Bertz CT molecular complexity index is 634. The lowest BCUT2D eigenvalue weighted by Gasteiger charge is -2.27. The number of nitrogens with zero attached hydrogens (tertiary/aromatic N) is 2. The molecule has 0 spiro atoms. The van der Waals surface area contributed by atoms with E-state index >= 15 is 0 Å². The summed E-state index contributed by atoms with van der Waals surface area (Å²) in [4.78, 5) is 18.3. The van der Waals surface area contributed by atoms with Crippen molar-refractivity contribution in [2.45, 2.75) is 26.8 Å². The summed E-state index contributed by atoms with van der Waals surface area (Å²) in [5.41, 5.74) is 2.41. The number of hydrogen-bond donors (Lipinski definition) is 0. The van der Waals surface area contributed by atoms with Gasteiger partial charge in [0.25, 0.3) is 5.91 Å². The Kier molecular flexibility index (Phi) is 4.86. The van der Waals surface area contributed by atoms with Gasteiger partial charge in [-0.3, -0.25) is 4.79 Å². The monoisotopic (exact) mass is 322 g/mol. The molecule has 0 fully saturated rings. The number of hydrogen-bond acceptors (Lipinski definition) is 2. The number of aromatic nitrogens is 1. The molecule has 0 N–H and O–H groups in total. The zero-order valence-electron chi connectivity index (χ0n) is 12.1. The van der Waals surface area contributed by atoms with Crippen molar-refractivity contribution in [1.29, 1.82) is 0 Å². The molecular formula is C16H16Cl2N2O. The molecule has 1 aromatic heterocycles. The molecule has 0 aliphatic carbocycles. The van der Waals surface area contributed by atoms with Crippen molar-refractivity contribution in [2.75, 3.05) is 4.90 Å². The number of anilines is 1. The second kappa shape index (κ2) is 6.46. The predicted octanol–water partition coefficient (Wildman–Crippen LogP) is 4.75. The van der Waals surface area contributed by atoms with Crippen LogP contribution in [0.25, 0.3) is 0 Å². The zero-order valence-corrected chi connectivity index (χ0v) is 13.6. The Morgan fingerprint density at radius 1 is 1.10 bits per heavy atom. The summed E-state index contributed by atoms with van der Waals surface area (Å²) >= 11 is 11.8. The summed E-state index contributed by atoms with van der Waals surface area (Å²) in [5, 5.41) is 0.414. The molecule has 0 atom stereocenters. The van der Waals surface area contributed by atoms with Crippen LogP contribution in [0.1, 0.15) is 29.8 Å². The highest BCUT2D eigenvalue weighted by Crippen LogP contribution is 2.23. The van der Waals surface area contributed by atoms with Gasteiger partial charge in [0.1, 0.15) is 10.3 Å². The molecule has 21 heavy (non-hydrogen) atoms. The van der Waals surface area contributed by atoms with Gasteiger partial charge in [0, 0.05) is 17.3 Å². The topological polar surface area (TPSA) is 33.2 Å². The van der Waals surface area contributed by atoms with E-state index in [9.17, 15) is 4.79 Å². The molecule has 0 saturated carbocycles. The molecule has 3 nitrogen and oxygen atoms in total. The van der Waals surface area contributed by atoms with Gasteiger partial charge >= 0.3 is 0 Å². The van der Waals surface area contributed by atoms with Crippen LogP contribution < -0.4 is 4.90 Å². The lowest BCUT2D eigenvalue weighted by Crippen LogP contribution is -2.37. The van der Waals surface area contributed by atoms with Gasteiger partial charge in [0.15, 0.2) is 0 Å². The fourth-order valence-corrected chi connectivity index (χ4v) is 2.54. The number of benzene rings is 1. The number of aryl methyl sites for hydroxylation is 1. The standard InChI is InChI=1S/C16H16Cl2N2O/c1-10(2)20(13-6-4-11(3)5-7-13)16(21)12-8-14(17)19-15(18)9-12/h4-10H,1-3H3. The second-order valence-corrected chi connectivity index (χ2v) is 5.88. The first-order valence-electron chi connectivity index (χ1n) is 6.62. The first-order valence-corrected chi connectivity index (χ1v) is 7.37. The molecule has 0 aliphatic heterocycles.